The van der Waals surface area contributed by atoms with Crippen molar-refractivity contribution >= 4 is 5.70 Å². The van der Waals surface area contributed by atoms with Gasteiger partial charge in [0, 0.05) is 31.0 Å². The minimum atomic E-state index is 0.0939. The Bertz CT molecular complexity index is 537. The smallest absolute Gasteiger partial charge is 0.124 e. The molecule has 6 heteroatoms. The average molecular weight is 306 g/mol. The highest BCUT2D eigenvalue weighted by molar-refractivity contribution is 5.69. The monoisotopic (exact) mass is 306 g/mol. The molecule has 0 heterocycles. The summed E-state index contributed by atoms with van der Waals surface area (Å²) in [6, 6.07) is 6.81. The lowest BCUT2D eigenvalue weighted by Crippen LogP contribution is -2.30. The zero-order valence-electron chi connectivity index (χ0n) is 13.0. The fraction of sp³-hybridized carbons (Fsp3) is 0.375. The molecule has 0 aliphatic heterocycles. The van der Waals surface area contributed by atoms with Crippen molar-refractivity contribution in [2.45, 2.75) is 19.8 Å². The van der Waals surface area contributed by atoms with Crippen LogP contribution < -0.4 is 17.2 Å². The third-order valence-corrected chi connectivity index (χ3v) is 3.22. The van der Waals surface area contributed by atoms with E-state index in [0.717, 1.165) is 13.0 Å². The summed E-state index contributed by atoms with van der Waals surface area (Å²) in [5.41, 5.74) is 19.2. The van der Waals surface area contributed by atoms with E-state index in [1.807, 2.05) is 11.8 Å². The maximum absolute atomic E-state index is 9.87. The van der Waals surface area contributed by atoms with Gasteiger partial charge in [0.2, 0.25) is 0 Å². The number of nitrogens with zero attached hydrogens (tertiary/aromatic N) is 1. The van der Waals surface area contributed by atoms with Gasteiger partial charge in [0.1, 0.15) is 11.6 Å². The molecule has 0 aliphatic rings. The third kappa shape index (κ3) is 4.89. The molecule has 1 aromatic carbocycles. The Kier molecular flexibility index (Phi) is 7.12. The molecular weight excluding hydrogens is 280 g/mol. The number of rotatable bonds is 8. The van der Waals surface area contributed by atoms with Crippen LogP contribution in [0.1, 0.15) is 25.3 Å². The van der Waals surface area contributed by atoms with Gasteiger partial charge in [0.15, 0.2) is 0 Å². The van der Waals surface area contributed by atoms with Gasteiger partial charge in [0.05, 0.1) is 5.70 Å². The fourth-order valence-electron chi connectivity index (χ4n) is 2.18. The van der Waals surface area contributed by atoms with Crippen molar-refractivity contribution in [1.82, 2.24) is 4.90 Å². The van der Waals surface area contributed by atoms with Gasteiger partial charge >= 0.3 is 0 Å². The number of nitrogens with two attached hydrogens (primary N) is 3. The molecule has 0 aliphatic carbocycles. The number of phenolic OH excluding ortho intramolecular Hbond substituents is 1. The minimum absolute atomic E-state index is 0.0939. The van der Waals surface area contributed by atoms with Gasteiger partial charge in [-0.2, -0.15) is 0 Å². The van der Waals surface area contributed by atoms with Crippen LogP contribution in [-0.4, -0.2) is 34.8 Å². The van der Waals surface area contributed by atoms with Crippen LogP contribution in [0.25, 0.3) is 5.70 Å². The summed E-state index contributed by atoms with van der Waals surface area (Å²) in [7, 11) is 0. The largest absolute Gasteiger partial charge is 0.507 e. The topological polar surface area (TPSA) is 122 Å². The number of hydrogen-bond donors (Lipinski definition) is 5. The van der Waals surface area contributed by atoms with Gasteiger partial charge in [0.25, 0.3) is 0 Å². The maximum atomic E-state index is 9.87. The van der Waals surface area contributed by atoms with Gasteiger partial charge in [-0.15, -0.1) is 0 Å². The number of hydrogen-bond acceptors (Lipinski definition) is 6. The van der Waals surface area contributed by atoms with Crippen molar-refractivity contribution in [3.8, 4) is 5.75 Å². The van der Waals surface area contributed by atoms with Crippen LogP contribution in [0.2, 0.25) is 0 Å². The Labute approximate surface area is 131 Å². The molecule has 22 heavy (non-hydrogen) atoms. The summed E-state index contributed by atoms with van der Waals surface area (Å²) in [5, 5.41) is 18.9. The normalized spacial score (nSPS) is 11.3. The number of aliphatic hydroxyl groups is 1. The Morgan fingerprint density at radius 2 is 1.86 bits per heavy atom. The van der Waals surface area contributed by atoms with E-state index in [2.05, 4.69) is 0 Å². The molecule has 1 rings (SSSR count). The van der Waals surface area contributed by atoms with Gasteiger partial charge in [-0.05, 0) is 31.1 Å². The van der Waals surface area contributed by atoms with Crippen LogP contribution in [0.5, 0.6) is 5.75 Å². The van der Waals surface area contributed by atoms with Crippen molar-refractivity contribution in [3.05, 3.63) is 47.4 Å². The van der Waals surface area contributed by atoms with Crippen LogP contribution in [0.15, 0.2) is 41.9 Å². The molecule has 0 amide bonds. The lowest BCUT2D eigenvalue weighted by Gasteiger charge is -2.26. The highest BCUT2D eigenvalue weighted by Crippen LogP contribution is 2.23. The molecular formula is C16H26N4O2. The van der Waals surface area contributed by atoms with Crippen molar-refractivity contribution in [2.75, 3.05) is 19.7 Å². The van der Waals surface area contributed by atoms with Gasteiger partial charge in [-0.3, -0.25) is 0 Å². The predicted molar refractivity (Wildman–Crippen MR) is 89.2 cm³/mol. The highest BCUT2D eigenvalue weighted by atomic mass is 16.3. The van der Waals surface area contributed by atoms with Gasteiger partial charge < -0.3 is 32.3 Å². The quantitative estimate of drug-likeness (QED) is 0.454. The van der Waals surface area contributed by atoms with E-state index in [0.29, 0.717) is 29.9 Å². The Morgan fingerprint density at radius 3 is 2.41 bits per heavy atom. The zero-order chi connectivity index (χ0) is 16.5. The van der Waals surface area contributed by atoms with Crippen LogP contribution in [0.4, 0.5) is 0 Å². The standard InChI is InChI=1S/C16H26N4O2/c1-2-8-20(9-5-10-21)14(16(18)19)11-13(17)12-6-3-4-7-15(12)22/h3-4,6-7,11,21-22H,2,5,8-10,17-19H2,1H3/b13-11-. The van der Waals surface area contributed by atoms with Crippen molar-refractivity contribution < 1.29 is 10.2 Å². The Balaban J connectivity index is 3.12. The molecule has 0 aromatic heterocycles. The first-order valence-corrected chi connectivity index (χ1v) is 7.37. The van der Waals surface area contributed by atoms with E-state index >= 15 is 0 Å². The number of aromatic hydroxyl groups is 1. The molecule has 6 nitrogen and oxygen atoms in total. The highest BCUT2D eigenvalue weighted by Gasteiger charge is 2.12. The van der Waals surface area contributed by atoms with Gasteiger partial charge in [-0.1, -0.05) is 19.1 Å². The molecule has 122 valence electrons. The summed E-state index contributed by atoms with van der Waals surface area (Å²) < 4.78 is 0. The second kappa shape index (κ2) is 8.84. The first kappa shape index (κ1) is 17.7. The number of allylic oxidation sites excluding steroid dienone is 1. The molecule has 1 aromatic rings. The number of benzene rings is 1. The van der Waals surface area contributed by atoms with E-state index in [4.69, 9.17) is 22.3 Å². The molecule has 0 spiro atoms. The predicted octanol–water partition coefficient (Wildman–Crippen LogP) is 0.873. The molecule has 0 atom stereocenters. The summed E-state index contributed by atoms with van der Waals surface area (Å²) in [4.78, 5) is 1.98. The van der Waals surface area contributed by atoms with E-state index in [1.165, 1.54) is 0 Å². The average Bonchev–Trinajstić information content (AvgIpc) is 2.49. The minimum Gasteiger partial charge on any atom is -0.507 e. The summed E-state index contributed by atoms with van der Waals surface area (Å²) in [6.07, 6.45) is 3.19. The number of aliphatic hydroxyl groups excluding tert-OH is 1. The molecule has 0 radical (unpaired) electrons. The lowest BCUT2D eigenvalue weighted by atomic mass is 10.1. The van der Waals surface area contributed by atoms with E-state index < -0.39 is 0 Å². The van der Waals surface area contributed by atoms with Crippen LogP contribution in [-0.2, 0) is 0 Å². The molecule has 0 bridgehead atoms. The fourth-order valence-corrected chi connectivity index (χ4v) is 2.18. The first-order chi connectivity index (χ1) is 10.5. The van der Waals surface area contributed by atoms with Crippen molar-refractivity contribution in [1.29, 1.82) is 0 Å². The number of para-hydroxylation sites is 1. The SMILES string of the molecule is CCCN(CCCO)C(/C=C(\N)c1ccccc1O)=C(N)N. The molecule has 0 unspecified atom stereocenters. The summed E-state index contributed by atoms with van der Waals surface area (Å²) >= 11 is 0. The second-order valence-electron chi connectivity index (χ2n) is 5.02. The van der Waals surface area contributed by atoms with Crippen molar-refractivity contribution in [2.24, 2.45) is 17.2 Å². The lowest BCUT2D eigenvalue weighted by molar-refractivity contribution is 0.253. The van der Waals surface area contributed by atoms with E-state index in [-0.39, 0.29) is 18.2 Å². The van der Waals surface area contributed by atoms with Gasteiger partial charge in [-0.25, -0.2) is 0 Å². The summed E-state index contributed by atoms with van der Waals surface area (Å²) in [6.45, 7) is 3.52. The molecule has 0 fully saturated rings. The van der Waals surface area contributed by atoms with E-state index in [9.17, 15) is 5.11 Å². The third-order valence-electron chi connectivity index (χ3n) is 3.22. The van der Waals surface area contributed by atoms with Crippen LogP contribution >= 0.6 is 0 Å². The molecule has 8 N–H and O–H groups in total. The summed E-state index contributed by atoms with van der Waals surface area (Å²) in [5.74, 6) is 0.258. The zero-order valence-corrected chi connectivity index (χ0v) is 13.0. The van der Waals surface area contributed by atoms with E-state index in [1.54, 1.807) is 30.3 Å². The first-order valence-electron chi connectivity index (χ1n) is 7.37. The Morgan fingerprint density at radius 1 is 1.18 bits per heavy atom. The van der Waals surface area contributed by atoms with Crippen molar-refractivity contribution in [3.63, 3.8) is 0 Å². The van der Waals surface area contributed by atoms with Crippen LogP contribution in [0.3, 0.4) is 0 Å². The van der Waals surface area contributed by atoms with Crippen LogP contribution in [0, 0.1) is 0 Å². The molecule has 0 saturated heterocycles. The number of phenols is 1. The Hall–Kier alpha value is -2.34. The molecule has 0 saturated carbocycles. The maximum Gasteiger partial charge on any atom is 0.124 e. The second-order valence-corrected chi connectivity index (χ2v) is 5.02.